The number of piperidine rings is 1. The molecule has 3 N–H and O–H groups in total. The molecule has 166 valence electrons. The number of hydrogen-bond donors (Lipinski definition) is 3. The van der Waals surface area contributed by atoms with Gasteiger partial charge in [0.05, 0.1) is 6.04 Å². The van der Waals surface area contributed by atoms with E-state index in [1.165, 1.54) is 5.56 Å². The Hall–Kier alpha value is -1.89. The summed E-state index contributed by atoms with van der Waals surface area (Å²) in [5.74, 6) is -0.104. The van der Waals surface area contributed by atoms with Crippen molar-refractivity contribution in [2.75, 3.05) is 19.6 Å². The first-order valence-electron chi connectivity index (χ1n) is 10.9. The van der Waals surface area contributed by atoms with Crippen LogP contribution in [-0.4, -0.2) is 40.9 Å². The van der Waals surface area contributed by atoms with Gasteiger partial charge in [0.2, 0.25) is 0 Å². The average molecular weight is 434 g/mol. The molecule has 2 aromatic rings. The smallest absolute Gasteiger partial charge is 0.271 e. The molecule has 0 aliphatic carbocycles. The van der Waals surface area contributed by atoms with Crippen LogP contribution >= 0.6 is 12.4 Å². The number of nitrogens with one attached hydrogen (secondary N) is 3. The Kier molecular flexibility index (Phi) is 9.34. The summed E-state index contributed by atoms with van der Waals surface area (Å²) in [5.41, 5.74) is 1.60. The van der Waals surface area contributed by atoms with Crippen molar-refractivity contribution in [1.29, 1.82) is 0 Å². The van der Waals surface area contributed by atoms with E-state index in [0.717, 1.165) is 38.8 Å². The fourth-order valence-electron chi connectivity index (χ4n) is 4.10. The van der Waals surface area contributed by atoms with E-state index in [9.17, 15) is 4.79 Å². The molecule has 0 radical (unpaired) electrons. The van der Waals surface area contributed by atoms with Crippen molar-refractivity contribution in [3.63, 3.8) is 0 Å². The lowest BCUT2D eigenvalue weighted by atomic mass is 9.90. The van der Waals surface area contributed by atoms with Crippen molar-refractivity contribution in [3.8, 4) is 0 Å². The summed E-state index contributed by atoms with van der Waals surface area (Å²) in [6.07, 6.45) is 6.04. The molecule has 2 atom stereocenters. The molecule has 1 amide bonds. The third-order valence-corrected chi connectivity index (χ3v) is 6.25. The molecule has 0 bridgehead atoms. The lowest BCUT2D eigenvalue weighted by Gasteiger charge is -2.36. The van der Waals surface area contributed by atoms with Crippen molar-refractivity contribution in [3.05, 3.63) is 53.9 Å². The van der Waals surface area contributed by atoms with Gasteiger partial charge in [0.1, 0.15) is 5.69 Å². The van der Waals surface area contributed by atoms with Gasteiger partial charge in [-0.15, -0.1) is 12.4 Å². The molecule has 6 nitrogen and oxygen atoms in total. The summed E-state index contributed by atoms with van der Waals surface area (Å²) in [5, 5.41) is 14.8. The number of nitrogens with zero attached hydrogens (tertiary/aromatic N) is 2. The Morgan fingerprint density at radius 1 is 1.27 bits per heavy atom. The second-order valence-electron chi connectivity index (χ2n) is 8.13. The van der Waals surface area contributed by atoms with Crippen LogP contribution < -0.4 is 16.0 Å². The number of carbonyl (C=O) groups is 1. The highest BCUT2D eigenvalue weighted by atomic mass is 35.5. The second kappa shape index (κ2) is 11.5. The van der Waals surface area contributed by atoms with Gasteiger partial charge in [-0.05, 0) is 50.8 Å². The van der Waals surface area contributed by atoms with Crippen molar-refractivity contribution < 1.29 is 4.79 Å². The predicted octanol–water partition coefficient (Wildman–Crippen LogP) is 3.87. The maximum atomic E-state index is 12.7. The topological polar surface area (TPSA) is 71.0 Å². The van der Waals surface area contributed by atoms with Gasteiger partial charge in [0, 0.05) is 30.9 Å². The van der Waals surface area contributed by atoms with Gasteiger partial charge in [-0.25, -0.2) is 0 Å². The monoisotopic (exact) mass is 433 g/mol. The average Bonchev–Trinajstić information content (AvgIpc) is 3.28. The van der Waals surface area contributed by atoms with Crippen LogP contribution in [-0.2, 0) is 0 Å². The third-order valence-electron chi connectivity index (χ3n) is 6.25. The summed E-state index contributed by atoms with van der Waals surface area (Å²) in [6, 6.07) is 12.8. The van der Waals surface area contributed by atoms with Gasteiger partial charge in [0.25, 0.3) is 5.91 Å². The molecule has 0 spiro atoms. The van der Waals surface area contributed by atoms with E-state index in [2.05, 4.69) is 66.1 Å². The van der Waals surface area contributed by atoms with Crippen LogP contribution in [0.1, 0.15) is 74.6 Å². The first-order valence-corrected chi connectivity index (χ1v) is 10.9. The van der Waals surface area contributed by atoms with Gasteiger partial charge < -0.3 is 16.0 Å². The quantitative estimate of drug-likeness (QED) is 0.561. The summed E-state index contributed by atoms with van der Waals surface area (Å²) in [4.78, 5) is 12.7. The Morgan fingerprint density at radius 3 is 2.63 bits per heavy atom. The van der Waals surface area contributed by atoms with Gasteiger partial charge >= 0.3 is 0 Å². The molecule has 2 heterocycles. The van der Waals surface area contributed by atoms with E-state index < -0.39 is 0 Å². The van der Waals surface area contributed by atoms with E-state index in [4.69, 9.17) is 0 Å². The highest BCUT2D eigenvalue weighted by molar-refractivity contribution is 5.92. The summed E-state index contributed by atoms with van der Waals surface area (Å²) >= 11 is 0. The van der Waals surface area contributed by atoms with E-state index in [1.54, 1.807) is 0 Å². The van der Waals surface area contributed by atoms with Crippen molar-refractivity contribution in [1.82, 2.24) is 25.7 Å². The molecule has 7 heteroatoms. The minimum atomic E-state index is -0.152. The lowest BCUT2D eigenvalue weighted by molar-refractivity contribution is 0.0927. The standard InChI is InChI=1S/C23H35N5O.ClH/c1-4-23(5-2,26-18(3)19-10-7-6-8-11-19)17-25-22(29)21-13-15-28(27-21)20-12-9-14-24-16-20;/h6-8,10-11,13,15,18,20,24,26H,4-5,9,12,14,16-17H2,1-3H3,(H,25,29);1H. The van der Waals surface area contributed by atoms with Gasteiger partial charge in [-0.2, -0.15) is 5.10 Å². The number of aromatic nitrogens is 2. The van der Waals surface area contributed by atoms with E-state index in [1.807, 2.05) is 23.0 Å². The maximum Gasteiger partial charge on any atom is 0.271 e. The molecule has 1 fully saturated rings. The molecular weight excluding hydrogens is 398 g/mol. The summed E-state index contributed by atoms with van der Waals surface area (Å²) in [6.45, 7) is 9.08. The minimum Gasteiger partial charge on any atom is -0.349 e. The van der Waals surface area contributed by atoms with E-state index in [-0.39, 0.29) is 29.9 Å². The number of carbonyl (C=O) groups excluding carboxylic acids is 1. The number of benzene rings is 1. The molecule has 3 rings (SSSR count). The Morgan fingerprint density at radius 2 is 2.00 bits per heavy atom. The molecule has 1 aromatic carbocycles. The second-order valence-corrected chi connectivity index (χ2v) is 8.13. The Balaban J connectivity index is 0.00000320. The zero-order valence-corrected chi connectivity index (χ0v) is 19.2. The number of rotatable bonds is 9. The predicted molar refractivity (Wildman–Crippen MR) is 124 cm³/mol. The molecule has 1 aliphatic rings. The van der Waals surface area contributed by atoms with Crippen LogP contribution in [0.3, 0.4) is 0 Å². The van der Waals surface area contributed by atoms with E-state index >= 15 is 0 Å². The lowest BCUT2D eigenvalue weighted by Crippen LogP contribution is -2.53. The number of hydrogen-bond acceptors (Lipinski definition) is 4. The molecule has 1 saturated heterocycles. The van der Waals surface area contributed by atoms with Crippen molar-refractivity contribution >= 4 is 18.3 Å². The van der Waals surface area contributed by atoms with Crippen LogP contribution in [0.4, 0.5) is 0 Å². The number of amides is 1. The van der Waals surface area contributed by atoms with Crippen LogP contribution in [0.2, 0.25) is 0 Å². The van der Waals surface area contributed by atoms with Crippen LogP contribution in [0.15, 0.2) is 42.6 Å². The number of halogens is 1. The molecule has 1 aromatic heterocycles. The largest absolute Gasteiger partial charge is 0.349 e. The minimum absolute atomic E-state index is 0. The summed E-state index contributed by atoms with van der Waals surface area (Å²) in [7, 11) is 0. The SMILES string of the molecule is CCC(CC)(CNC(=O)c1ccn(C2CCCNC2)n1)NC(C)c1ccccc1.Cl. The first kappa shape index (κ1) is 24.4. The zero-order chi connectivity index (χ0) is 20.7. The third kappa shape index (κ3) is 6.06. The molecule has 2 unspecified atom stereocenters. The Bertz CT molecular complexity index is 769. The van der Waals surface area contributed by atoms with Gasteiger partial charge in [-0.3, -0.25) is 9.48 Å². The van der Waals surface area contributed by atoms with Crippen molar-refractivity contribution in [2.24, 2.45) is 0 Å². The fourth-order valence-corrected chi connectivity index (χ4v) is 4.10. The molecule has 0 saturated carbocycles. The van der Waals surface area contributed by atoms with Crippen LogP contribution in [0.25, 0.3) is 0 Å². The maximum absolute atomic E-state index is 12.7. The highest BCUT2D eigenvalue weighted by Gasteiger charge is 2.29. The first-order chi connectivity index (χ1) is 14.1. The fraction of sp³-hybridized carbons (Fsp3) is 0.565. The van der Waals surface area contributed by atoms with Crippen LogP contribution in [0, 0.1) is 0 Å². The zero-order valence-electron chi connectivity index (χ0n) is 18.4. The van der Waals surface area contributed by atoms with Crippen LogP contribution in [0.5, 0.6) is 0 Å². The molecule has 30 heavy (non-hydrogen) atoms. The Labute approximate surface area is 186 Å². The molecule has 1 aliphatic heterocycles. The highest BCUT2D eigenvalue weighted by Crippen LogP contribution is 2.22. The molecular formula is C23H36ClN5O. The van der Waals surface area contributed by atoms with Gasteiger partial charge in [-0.1, -0.05) is 44.2 Å². The summed E-state index contributed by atoms with van der Waals surface area (Å²) < 4.78 is 1.93. The van der Waals surface area contributed by atoms with E-state index in [0.29, 0.717) is 18.3 Å². The van der Waals surface area contributed by atoms with Gasteiger partial charge in [0.15, 0.2) is 0 Å². The van der Waals surface area contributed by atoms with Crippen molar-refractivity contribution in [2.45, 2.75) is 64.1 Å². The normalized spacial score (nSPS) is 17.8.